The van der Waals surface area contributed by atoms with Gasteiger partial charge in [-0.25, -0.2) is 0 Å². The molecule has 86 valence electrons. The Morgan fingerprint density at radius 1 is 1.56 bits per heavy atom. The Kier molecular flexibility index (Phi) is 4.32. The number of thiocarbonyl (C=S) groups is 2. The molecule has 0 spiro atoms. The van der Waals surface area contributed by atoms with Gasteiger partial charge in [-0.15, -0.1) is 0 Å². The van der Waals surface area contributed by atoms with Crippen LogP contribution < -0.4 is 0 Å². The summed E-state index contributed by atoms with van der Waals surface area (Å²) in [7, 11) is 0. The Morgan fingerprint density at radius 2 is 2.25 bits per heavy atom. The fraction of sp³-hybridized carbons (Fsp3) is 0.364. The van der Waals surface area contributed by atoms with Crippen molar-refractivity contribution < 1.29 is 9.84 Å². The number of pyridine rings is 1. The lowest BCUT2D eigenvalue weighted by Crippen LogP contribution is -2.40. The van der Waals surface area contributed by atoms with E-state index < -0.39 is 5.41 Å². The average molecular weight is 255 g/mol. The molecule has 1 unspecified atom stereocenters. The summed E-state index contributed by atoms with van der Waals surface area (Å²) in [5.74, 6) is 0. The van der Waals surface area contributed by atoms with E-state index in [4.69, 9.17) is 29.2 Å². The number of hydrogen-bond acceptors (Lipinski definition) is 4. The van der Waals surface area contributed by atoms with Crippen molar-refractivity contribution in [2.24, 2.45) is 0 Å². The van der Waals surface area contributed by atoms with E-state index in [0.29, 0.717) is 6.61 Å². The Hall–Kier alpha value is -1.07. The number of aromatic nitrogens is 1. The third-order valence-corrected chi connectivity index (χ3v) is 3.28. The molecule has 1 heterocycles. The van der Waals surface area contributed by atoms with E-state index in [-0.39, 0.29) is 10.1 Å². The molecule has 0 saturated heterocycles. The minimum atomic E-state index is -0.963. The molecule has 1 aromatic rings. The zero-order valence-corrected chi connectivity index (χ0v) is 10.8. The van der Waals surface area contributed by atoms with Crippen LogP contribution in [0.3, 0.4) is 0 Å². The SMILES string of the molecule is CCOC(=S)C(C)(C(O)=S)c1cccnc1. The van der Waals surface area contributed by atoms with E-state index in [9.17, 15) is 5.11 Å². The first-order valence-corrected chi connectivity index (χ1v) is 5.66. The summed E-state index contributed by atoms with van der Waals surface area (Å²) in [6.45, 7) is 4.00. The first-order chi connectivity index (χ1) is 7.53. The van der Waals surface area contributed by atoms with E-state index in [1.54, 1.807) is 31.5 Å². The molecule has 1 N–H and O–H groups in total. The van der Waals surface area contributed by atoms with Crippen molar-refractivity contribution in [1.82, 2.24) is 4.98 Å². The van der Waals surface area contributed by atoms with E-state index in [0.717, 1.165) is 5.56 Å². The molecule has 0 saturated carbocycles. The molecule has 0 aliphatic rings. The number of ether oxygens (including phenoxy) is 1. The molecule has 0 amide bonds. The largest absolute Gasteiger partial charge is 0.501 e. The van der Waals surface area contributed by atoms with Gasteiger partial charge in [0, 0.05) is 12.4 Å². The van der Waals surface area contributed by atoms with Crippen molar-refractivity contribution in [3.05, 3.63) is 30.1 Å². The van der Waals surface area contributed by atoms with E-state index >= 15 is 0 Å². The molecule has 3 nitrogen and oxygen atoms in total. The number of hydrogen-bond donors (Lipinski definition) is 1. The maximum Gasteiger partial charge on any atom is 0.178 e. The summed E-state index contributed by atoms with van der Waals surface area (Å²) in [4.78, 5) is 3.99. The van der Waals surface area contributed by atoms with Crippen molar-refractivity contribution in [1.29, 1.82) is 0 Å². The average Bonchev–Trinajstić information content (AvgIpc) is 2.29. The van der Waals surface area contributed by atoms with Crippen LogP contribution in [0.5, 0.6) is 0 Å². The van der Waals surface area contributed by atoms with Crippen LogP contribution in [-0.4, -0.2) is 26.8 Å². The molecule has 16 heavy (non-hydrogen) atoms. The van der Waals surface area contributed by atoms with Gasteiger partial charge >= 0.3 is 0 Å². The molecule has 1 aromatic heterocycles. The lowest BCUT2D eigenvalue weighted by molar-refractivity contribution is 0.311. The van der Waals surface area contributed by atoms with Gasteiger partial charge in [0.25, 0.3) is 0 Å². The topological polar surface area (TPSA) is 42.4 Å². The summed E-state index contributed by atoms with van der Waals surface area (Å²) in [5.41, 5.74) is -0.240. The Balaban J connectivity index is 3.17. The van der Waals surface area contributed by atoms with Crippen LogP contribution in [0, 0.1) is 0 Å². The highest BCUT2D eigenvalue weighted by Gasteiger charge is 2.38. The molecule has 0 aromatic carbocycles. The maximum atomic E-state index is 9.66. The van der Waals surface area contributed by atoms with Gasteiger partial charge < -0.3 is 9.84 Å². The fourth-order valence-corrected chi connectivity index (χ4v) is 1.87. The minimum Gasteiger partial charge on any atom is -0.501 e. The van der Waals surface area contributed by atoms with Gasteiger partial charge in [0.05, 0.1) is 6.61 Å². The van der Waals surface area contributed by atoms with Gasteiger partial charge in [-0.1, -0.05) is 6.07 Å². The molecule has 1 rings (SSSR count). The second-order valence-electron chi connectivity index (χ2n) is 3.39. The van der Waals surface area contributed by atoms with Gasteiger partial charge in [-0.05, 0) is 49.9 Å². The van der Waals surface area contributed by atoms with Crippen LogP contribution in [0.25, 0.3) is 0 Å². The molecule has 0 aliphatic carbocycles. The predicted molar refractivity (Wildman–Crippen MR) is 71.0 cm³/mol. The van der Waals surface area contributed by atoms with Crippen molar-refractivity contribution in [2.45, 2.75) is 19.3 Å². The first kappa shape index (κ1) is 13.0. The van der Waals surface area contributed by atoms with Gasteiger partial charge in [-0.3, -0.25) is 4.98 Å². The lowest BCUT2D eigenvalue weighted by atomic mass is 9.85. The highest BCUT2D eigenvalue weighted by atomic mass is 32.1. The second-order valence-corrected chi connectivity index (χ2v) is 4.15. The normalized spacial score (nSPS) is 13.9. The molecule has 1 atom stereocenters. The van der Waals surface area contributed by atoms with Crippen molar-refractivity contribution in [3.8, 4) is 0 Å². The lowest BCUT2D eigenvalue weighted by Gasteiger charge is -2.27. The highest BCUT2D eigenvalue weighted by molar-refractivity contribution is 7.82. The molecule has 0 bridgehead atoms. The van der Waals surface area contributed by atoms with E-state index in [2.05, 4.69) is 4.98 Å². The summed E-state index contributed by atoms with van der Waals surface area (Å²) in [5, 5.41) is 9.71. The third kappa shape index (κ3) is 2.36. The number of aliphatic hydroxyl groups is 1. The van der Waals surface area contributed by atoms with Crippen molar-refractivity contribution >= 4 is 34.5 Å². The van der Waals surface area contributed by atoms with Crippen molar-refractivity contribution in [3.63, 3.8) is 0 Å². The Bertz CT molecular complexity index is 394. The molecular formula is C11H13NO2S2. The van der Waals surface area contributed by atoms with Crippen LogP contribution in [0.15, 0.2) is 24.5 Å². The molecule has 0 radical (unpaired) electrons. The monoisotopic (exact) mass is 255 g/mol. The zero-order chi connectivity index (χ0) is 12.2. The van der Waals surface area contributed by atoms with Crippen molar-refractivity contribution in [2.75, 3.05) is 6.61 Å². The van der Waals surface area contributed by atoms with Crippen LogP contribution in [0.1, 0.15) is 19.4 Å². The molecule has 0 aliphatic heterocycles. The molecular weight excluding hydrogens is 242 g/mol. The molecule has 0 fully saturated rings. The van der Waals surface area contributed by atoms with Crippen LogP contribution >= 0.6 is 24.4 Å². The zero-order valence-electron chi connectivity index (χ0n) is 9.14. The predicted octanol–water partition coefficient (Wildman–Crippen LogP) is 2.59. The smallest absolute Gasteiger partial charge is 0.178 e. The van der Waals surface area contributed by atoms with Gasteiger partial charge in [0.1, 0.15) is 5.41 Å². The minimum absolute atomic E-state index is 0.209. The number of rotatable bonds is 4. The summed E-state index contributed by atoms with van der Waals surface area (Å²) < 4.78 is 5.28. The summed E-state index contributed by atoms with van der Waals surface area (Å²) in [6.07, 6.45) is 3.27. The number of aliphatic hydroxyl groups excluding tert-OH is 1. The maximum absolute atomic E-state index is 9.66. The highest BCUT2D eigenvalue weighted by Crippen LogP contribution is 2.27. The fourth-order valence-electron chi connectivity index (χ4n) is 1.26. The number of nitrogens with zero attached hydrogens (tertiary/aromatic N) is 1. The van der Waals surface area contributed by atoms with Crippen LogP contribution in [0.2, 0.25) is 0 Å². The first-order valence-electron chi connectivity index (χ1n) is 4.84. The second kappa shape index (κ2) is 5.32. The van der Waals surface area contributed by atoms with Gasteiger partial charge in [-0.2, -0.15) is 0 Å². The van der Waals surface area contributed by atoms with E-state index in [1.807, 2.05) is 6.92 Å². The van der Waals surface area contributed by atoms with Gasteiger partial charge in [0.2, 0.25) is 0 Å². The van der Waals surface area contributed by atoms with Gasteiger partial charge in [0.15, 0.2) is 10.1 Å². The third-order valence-electron chi connectivity index (χ3n) is 2.35. The van der Waals surface area contributed by atoms with Crippen LogP contribution in [-0.2, 0) is 10.2 Å². The summed E-state index contributed by atoms with van der Waals surface area (Å²) in [6, 6.07) is 3.57. The van der Waals surface area contributed by atoms with E-state index in [1.165, 1.54) is 0 Å². The Morgan fingerprint density at radius 3 is 2.69 bits per heavy atom. The standard InChI is InChI=1S/C11H13NO2S2/c1-3-14-10(16)11(2,9(13)15)8-5-4-6-12-7-8/h4-7H,3H2,1-2H3,(H,13,15). The molecule has 5 heteroatoms. The Labute approximate surface area is 105 Å². The quantitative estimate of drug-likeness (QED) is 0.838. The summed E-state index contributed by atoms with van der Waals surface area (Å²) >= 11 is 10.0. The van der Waals surface area contributed by atoms with Crippen LogP contribution in [0.4, 0.5) is 0 Å².